The van der Waals surface area contributed by atoms with Crippen molar-refractivity contribution in [2.24, 2.45) is 11.3 Å². The molecule has 0 N–H and O–H groups in total. The molecule has 0 amide bonds. The molecule has 76 valence electrons. The fourth-order valence-electron chi connectivity index (χ4n) is 2.34. The van der Waals surface area contributed by atoms with Gasteiger partial charge in [-0.1, -0.05) is 26.3 Å². The van der Waals surface area contributed by atoms with E-state index in [-0.39, 0.29) is 0 Å². The van der Waals surface area contributed by atoms with Crippen LogP contribution in [0.4, 0.5) is 0 Å². The zero-order valence-corrected chi connectivity index (χ0v) is 9.94. The third kappa shape index (κ3) is 2.07. The van der Waals surface area contributed by atoms with Crippen LogP contribution in [-0.4, -0.2) is 18.5 Å². The maximum absolute atomic E-state index is 2.37. The summed E-state index contributed by atoms with van der Waals surface area (Å²) >= 11 is 0. The molecule has 0 saturated heterocycles. The summed E-state index contributed by atoms with van der Waals surface area (Å²) in [5.74, 6) is 0.767. The van der Waals surface area contributed by atoms with Crippen LogP contribution in [0.25, 0.3) is 0 Å². The van der Waals surface area contributed by atoms with Gasteiger partial charge in [-0.3, -0.25) is 0 Å². The molecule has 1 rings (SSSR count). The molecule has 1 nitrogen and oxygen atoms in total. The summed E-state index contributed by atoms with van der Waals surface area (Å²) in [6.07, 6.45) is 1.31. The predicted molar refractivity (Wildman–Crippen MR) is 58.6 cm³/mol. The molecule has 0 spiro atoms. The molecular weight excluding hydrogens is 158 g/mol. The summed E-state index contributed by atoms with van der Waals surface area (Å²) in [4.78, 5) is 2.37. The Hall–Kier alpha value is -0.460. The summed E-state index contributed by atoms with van der Waals surface area (Å²) in [5, 5.41) is 0. The Kier molecular flexibility index (Phi) is 2.74. The largest absolute Gasteiger partial charge is 0.378 e. The first-order valence-corrected chi connectivity index (χ1v) is 5.22. The lowest BCUT2D eigenvalue weighted by Gasteiger charge is -2.39. The Balaban J connectivity index is 2.93. The van der Waals surface area contributed by atoms with Crippen LogP contribution in [0.1, 0.15) is 41.0 Å². The molecule has 0 aromatic carbocycles. The third-order valence-electron chi connectivity index (χ3n) is 3.46. The molecule has 1 heteroatoms. The molecule has 0 aromatic heterocycles. The zero-order valence-electron chi connectivity index (χ0n) is 9.94. The number of hydrogen-bond donors (Lipinski definition) is 0. The summed E-state index contributed by atoms with van der Waals surface area (Å²) < 4.78 is 0. The monoisotopic (exact) mass is 181 g/mol. The summed E-state index contributed by atoms with van der Waals surface area (Å²) in [6.45, 7) is 12.8. The molecule has 1 aliphatic rings. The molecule has 1 unspecified atom stereocenters. The van der Waals surface area contributed by atoms with E-state index in [1.807, 2.05) is 0 Å². The zero-order chi connectivity index (χ0) is 10.2. The third-order valence-corrected chi connectivity index (χ3v) is 3.46. The predicted octanol–water partition coefficient (Wildman–Crippen LogP) is 3.28. The number of hydrogen-bond acceptors (Lipinski definition) is 1. The second kappa shape index (κ2) is 3.36. The van der Waals surface area contributed by atoms with Gasteiger partial charge in [0.15, 0.2) is 0 Å². The van der Waals surface area contributed by atoms with Crippen molar-refractivity contribution in [1.29, 1.82) is 0 Å². The Morgan fingerprint density at radius 1 is 1.23 bits per heavy atom. The molecule has 0 bridgehead atoms. The minimum absolute atomic E-state index is 0.423. The van der Waals surface area contributed by atoms with Crippen molar-refractivity contribution in [1.82, 2.24) is 4.90 Å². The molecule has 13 heavy (non-hydrogen) atoms. The van der Waals surface area contributed by atoms with Gasteiger partial charge in [-0.05, 0) is 31.6 Å². The minimum Gasteiger partial charge on any atom is -0.378 e. The number of rotatable bonds is 0. The van der Waals surface area contributed by atoms with Gasteiger partial charge in [0.2, 0.25) is 0 Å². The SMILES string of the molecule is CC1=C(C)N(C)CCC1C(C)(C)C. The second-order valence-corrected chi connectivity index (χ2v) is 5.40. The smallest absolute Gasteiger partial charge is 0.0177 e. The van der Waals surface area contributed by atoms with Gasteiger partial charge in [0.05, 0.1) is 0 Å². The first kappa shape index (κ1) is 10.6. The van der Waals surface area contributed by atoms with Crippen LogP contribution in [0, 0.1) is 11.3 Å². The van der Waals surface area contributed by atoms with Gasteiger partial charge in [-0.25, -0.2) is 0 Å². The molecule has 0 aliphatic carbocycles. The summed E-state index contributed by atoms with van der Waals surface area (Å²) in [6, 6.07) is 0. The standard InChI is InChI=1S/C12H23N/c1-9-10(2)13(6)8-7-11(9)12(3,4)5/h11H,7-8H2,1-6H3. The highest BCUT2D eigenvalue weighted by atomic mass is 15.1. The Morgan fingerprint density at radius 3 is 2.23 bits per heavy atom. The van der Waals surface area contributed by atoms with Crippen molar-refractivity contribution in [2.45, 2.75) is 41.0 Å². The van der Waals surface area contributed by atoms with Crippen molar-refractivity contribution >= 4 is 0 Å². The van der Waals surface area contributed by atoms with Gasteiger partial charge in [-0.15, -0.1) is 0 Å². The lowest BCUT2D eigenvalue weighted by molar-refractivity contribution is 0.212. The number of nitrogens with zero attached hydrogens (tertiary/aromatic N) is 1. The van der Waals surface area contributed by atoms with Crippen LogP contribution in [0.2, 0.25) is 0 Å². The number of allylic oxidation sites excluding steroid dienone is 2. The van der Waals surface area contributed by atoms with Crippen LogP contribution in [-0.2, 0) is 0 Å². The van der Waals surface area contributed by atoms with Gasteiger partial charge in [0, 0.05) is 19.3 Å². The van der Waals surface area contributed by atoms with Crippen LogP contribution >= 0.6 is 0 Å². The van der Waals surface area contributed by atoms with E-state index in [2.05, 4.69) is 46.6 Å². The Morgan fingerprint density at radius 2 is 1.77 bits per heavy atom. The van der Waals surface area contributed by atoms with Crippen LogP contribution < -0.4 is 0 Å². The van der Waals surface area contributed by atoms with Crippen molar-refractivity contribution in [3.8, 4) is 0 Å². The van der Waals surface area contributed by atoms with Crippen LogP contribution in [0.15, 0.2) is 11.3 Å². The van der Waals surface area contributed by atoms with Gasteiger partial charge in [0.25, 0.3) is 0 Å². The molecule has 0 fully saturated rings. The highest BCUT2D eigenvalue weighted by Gasteiger charge is 2.30. The highest BCUT2D eigenvalue weighted by Crippen LogP contribution is 2.38. The molecule has 0 aromatic rings. The van der Waals surface area contributed by atoms with E-state index in [4.69, 9.17) is 0 Å². The average molecular weight is 181 g/mol. The van der Waals surface area contributed by atoms with E-state index >= 15 is 0 Å². The minimum atomic E-state index is 0.423. The van der Waals surface area contributed by atoms with Crippen molar-refractivity contribution < 1.29 is 0 Å². The van der Waals surface area contributed by atoms with E-state index in [1.165, 1.54) is 18.7 Å². The van der Waals surface area contributed by atoms with Crippen molar-refractivity contribution in [3.63, 3.8) is 0 Å². The molecular formula is C12H23N. The first-order valence-electron chi connectivity index (χ1n) is 5.22. The lowest BCUT2D eigenvalue weighted by atomic mass is 9.73. The average Bonchev–Trinajstić information content (AvgIpc) is 1.98. The van der Waals surface area contributed by atoms with E-state index in [0.29, 0.717) is 5.41 Å². The Bertz CT molecular complexity index is 220. The highest BCUT2D eigenvalue weighted by molar-refractivity contribution is 5.17. The van der Waals surface area contributed by atoms with E-state index < -0.39 is 0 Å². The van der Waals surface area contributed by atoms with E-state index in [0.717, 1.165) is 5.92 Å². The second-order valence-electron chi connectivity index (χ2n) is 5.40. The van der Waals surface area contributed by atoms with Gasteiger partial charge < -0.3 is 4.90 Å². The fourth-order valence-corrected chi connectivity index (χ4v) is 2.34. The van der Waals surface area contributed by atoms with Gasteiger partial charge in [0.1, 0.15) is 0 Å². The van der Waals surface area contributed by atoms with Crippen LogP contribution in [0.3, 0.4) is 0 Å². The molecule has 1 heterocycles. The molecule has 0 saturated carbocycles. The fraction of sp³-hybridized carbons (Fsp3) is 0.833. The van der Waals surface area contributed by atoms with E-state index in [1.54, 1.807) is 5.57 Å². The van der Waals surface area contributed by atoms with Crippen molar-refractivity contribution in [3.05, 3.63) is 11.3 Å². The Labute approximate surface area is 82.8 Å². The topological polar surface area (TPSA) is 3.24 Å². The summed E-state index contributed by atoms with van der Waals surface area (Å²) in [7, 11) is 2.19. The van der Waals surface area contributed by atoms with E-state index in [9.17, 15) is 0 Å². The van der Waals surface area contributed by atoms with Crippen LogP contribution in [0.5, 0.6) is 0 Å². The lowest BCUT2D eigenvalue weighted by Crippen LogP contribution is -2.33. The first-order chi connectivity index (χ1) is 5.84. The van der Waals surface area contributed by atoms with Gasteiger partial charge in [-0.2, -0.15) is 0 Å². The maximum atomic E-state index is 2.37. The molecule has 1 atom stereocenters. The quantitative estimate of drug-likeness (QED) is 0.554. The maximum Gasteiger partial charge on any atom is 0.0177 e. The summed E-state index contributed by atoms with van der Waals surface area (Å²) in [5.41, 5.74) is 3.49. The molecule has 0 radical (unpaired) electrons. The van der Waals surface area contributed by atoms with Crippen molar-refractivity contribution in [2.75, 3.05) is 13.6 Å². The van der Waals surface area contributed by atoms with Gasteiger partial charge >= 0.3 is 0 Å². The molecule has 1 aliphatic heterocycles. The normalized spacial score (nSPS) is 25.4.